The summed E-state index contributed by atoms with van der Waals surface area (Å²) >= 11 is 0. The summed E-state index contributed by atoms with van der Waals surface area (Å²) in [5.74, 6) is -0.542. The lowest BCUT2D eigenvalue weighted by molar-refractivity contribution is -0.111. The fourth-order valence-corrected chi connectivity index (χ4v) is 3.17. The van der Waals surface area contributed by atoms with E-state index < -0.39 is 0 Å². The number of carbonyl (C=O) groups is 1. The molecule has 0 fully saturated rings. The quantitative estimate of drug-likeness (QED) is 0.494. The van der Waals surface area contributed by atoms with E-state index in [1.807, 2.05) is 35.0 Å². The SMILES string of the molecule is Cn1ncc(/C=C/C(=O)Nc2ccc(Cn3ccnc3)cc2)c1-c1ccc(F)cc1. The van der Waals surface area contributed by atoms with E-state index in [-0.39, 0.29) is 11.7 Å². The number of anilines is 1. The normalized spacial score (nSPS) is 11.1. The van der Waals surface area contributed by atoms with Crippen LogP contribution in [0.2, 0.25) is 0 Å². The minimum atomic E-state index is -0.298. The number of benzene rings is 2. The Balaban J connectivity index is 1.42. The Labute approximate surface area is 173 Å². The van der Waals surface area contributed by atoms with Gasteiger partial charge in [-0.2, -0.15) is 5.10 Å². The fraction of sp³-hybridized carbons (Fsp3) is 0.0870. The number of rotatable bonds is 6. The highest BCUT2D eigenvalue weighted by atomic mass is 19.1. The number of amides is 1. The minimum absolute atomic E-state index is 0.244. The summed E-state index contributed by atoms with van der Waals surface area (Å²) in [6.07, 6.45) is 10.2. The maximum absolute atomic E-state index is 13.2. The number of imidazole rings is 1. The van der Waals surface area contributed by atoms with Crippen molar-refractivity contribution < 1.29 is 9.18 Å². The first-order valence-corrected chi connectivity index (χ1v) is 9.40. The van der Waals surface area contributed by atoms with Gasteiger partial charge < -0.3 is 9.88 Å². The molecule has 2 heterocycles. The average molecular weight is 401 g/mol. The number of aromatic nitrogens is 4. The molecule has 2 aromatic heterocycles. The number of nitrogens with one attached hydrogen (secondary N) is 1. The fourth-order valence-electron chi connectivity index (χ4n) is 3.17. The van der Waals surface area contributed by atoms with Crippen LogP contribution in [0.15, 0.2) is 79.5 Å². The molecule has 4 rings (SSSR count). The summed E-state index contributed by atoms with van der Waals surface area (Å²) < 4.78 is 16.9. The van der Waals surface area contributed by atoms with Gasteiger partial charge in [-0.15, -0.1) is 0 Å². The molecule has 0 spiro atoms. The first kappa shape index (κ1) is 19.3. The van der Waals surface area contributed by atoms with Crippen molar-refractivity contribution in [2.75, 3.05) is 5.32 Å². The van der Waals surface area contributed by atoms with E-state index in [1.54, 1.807) is 48.7 Å². The van der Waals surface area contributed by atoms with Crippen LogP contribution in [0.4, 0.5) is 10.1 Å². The Morgan fingerprint density at radius 1 is 1.13 bits per heavy atom. The maximum Gasteiger partial charge on any atom is 0.248 e. The third kappa shape index (κ3) is 4.52. The summed E-state index contributed by atoms with van der Waals surface area (Å²) in [4.78, 5) is 16.4. The van der Waals surface area contributed by atoms with Gasteiger partial charge in [0.15, 0.2) is 0 Å². The van der Waals surface area contributed by atoms with Gasteiger partial charge in [-0.3, -0.25) is 9.48 Å². The molecule has 1 amide bonds. The summed E-state index contributed by atoms with van der Waals surface area (Å²) in [7, 11) is 1.81. The van der Waals surface area contributed by atoms with Crippen LogP contribution < -0.4 is 5.32 Å². The molecule has 0 atom stereocenters. The number of halogens is 1. The Hall–Kier alpha value is -4.00. The molecule has 0 saturated heterocycles. The highest BCUT2D eigenvalue weighted by Gasteiger charge is 2.09. The highest BCUT2D eigenvalue weighted by molar-refractivity contribution is 6.02. The van der Waals surface area contributed by atoms with Crippen LogP contribution in [0.5, 0.6) is 0 Å². The van der Waals surface area contributed by atoms with Crippen LogP contribution in [0.3, 0.4) is 0 Å². The van der Waals surface area contributed by atoms with Gasteiger partial charge in [-0.1, -0.05) is 12.1 Å². The summed E-state index contributed by atoms with van der Waals surface area (Å²) in [5.41, 5.74) is 4.23. The van der Waals surface area contributed by atoms with E-state index in [4.69, 9.17) is 0 Å². The van der Waals surface area contributed by atoms with Gasteiger partial charge in [-0.05, 0) is 48.0 Å². The van der Waals surface area contributed by atoms with Gasteiger partial charge in [0, 0.05) is 48.9 Å². The first-order valence-electron chi connectivity index (χ1n) is 9.40. The number of hydrogen-bond acceptors (Lipinski definition) is 3. The second-order valence-electron chi connectivity index (χ2n) is 6.83. The monoisotopic (exact) mass is 401 g/mol. The van der Waals surface area contributed by atoms with E-state index in [1.165, 1.54) is 18.2 Å². The molecule has 6 nitrogen and oxygen atoms in total. The van der Waals surface area contributed by atoms with Crippen molar-refractivity contribution in [3.05, 3.63) is 96.5 Å². The molecule has 0 radical (unpaired) electrons. The molecule has 150 valence electrons. The van der Waals surface area contributed by atoms with E-state index in [2.05, 4.69) is 15.4 Å². The zero-order chi connectivity index (χ0) is 20.9. The molecule has 4 aromatic rings. The molecule has 7 heteroatoms. The predicted octanol–water partition coefficient (Wildman–Crippen LogP) is 4.12. The molecule has 0 aliphatic heterocycles. The Kier molecular flexibility index (Phi) is 5.52. The van der Waals surface area contributed by atoms with Gasteiger partial charge in [-0.25, -0.2) is 9.37 Å². The lowest BCUT2D eigenvalue weighted by Gasteiger charge is -2.06. The molecule has 1 N–H and O–H groups in total. The Morgan fingerprint density at radius 3 is 2.60 bits per heavy atom. The molecule has 0 aliphatic rings. The van der Waals surface area contributed by atoms with Gasteiger partial charge in [0.1, 0.15) is 5.82 Å². The third-order valence-corrected chi connectivity index (χ3v) is 4.64. The molecule has 2 aromatic carbocycles. The van der Waals surface area contributed by atoms with Crippen LogP contribution in [0, 0.1) is 5.82 Å². The second kappa shape index (κ2) is 8.57. The summed E-state index contributed by atoms with van der Waals surface area (Å²) in [6.45, 7) is 0.724. The smallest absolute Gasteiger partial charge is 0.248 e. The van der Waals surface area contributed by atoms with Crippen molar-refractivity contribution >= 4 is 17.7 Å². The lowest BCUT2D eigenvalue weighted by atomic mass is 10.1. The van der Waals surface area contributed by atoms with Crippen LogP contribution >= 0.6 is 0 Å². The minimum Gasteiger partial charge on any atom is -0.333 e. The first-order chi connectivity index (χ1) is 14.6. The molecule has 0 aliphatic carbocycles. The molecule has 0 unspecified atom stereocenters. The van der Waals surface area contributed by atoms with Gasteiger partial charge >= 0.3 is 0 Å². The van der Waals surface area contributed by atoms with E-state index in [9.17, 15) is 9.18 Å². The molecular weight excluding hydrogens is 381 g/mol. The van der Waals surface area contributed by atoms with Gasteiger partial charge in [0.05, 0.1) is 18.2 Å². The number of carbonyl (C=O) groups excluding carboxylic acids is 1. The molecule has 0 saturated carbocycles. The van der Waals surface area contributed by atoms with Crippen molar-refractivity contribution in [2.45, 2.75) is 6.54 Å². The zero-order valence-electron chi connectivity index (χ0n) is 16.4. The van der Waals surface area contributed by atoms with Crippen molar-refractivity contribution in [1.82, 2.24) is 19.3 Å². The van der Waals surface area contributed by atoms with Crippen LogP contribution in [-0.2, 0) is 18.4 Å². The lowest BCUT2D eigenvalue weighted by Crippen LogP contribution is -2.07. The summed E-state index contributed by atoms with van der Waals surface area (Å²) in [5, 5.41) is 7.10. The van der Waals surface area contributed by atoms with E-state index >= 15 is 0 Å². The number of nitrogens with zero attached hydrogens (tertiary/aromatic N) is 4. The third-order valence-electron chi connectivity index (χ3n) is 4.64. The average Bonchev–Trinajstić information content (AvgIpc) is 3.38. The van der Waals surface area contributed by atoms with Crippen LogP contribution in [0.25, 0.3) is 17.3 Å². The zero-order valence-corrected chi connectivity index (χ0v) is 16.4. The van der Waals surface area contributed by atoms with Gasteiger partial charge in [0.25, 0.3) is 0 Å². The van der Waals surface area contributed by atoms with Crippen molar-refractivity contribution in [3.8, 4) is 11.3 Å². The second-order valence-corrected chi connectivity index (χ2v) is 6.83. The van der Waals surface area contributed by atoms with Gasteiger partial charge in [0.2, 0.25) is 5.91 Å². The topological polar surface area (TPSA) is 64.7 Å². The van der Waals surface area contributed by atoms with Crippen molar-refractivity contribution in [3.63, 3.8) is 0 Å². The molecule has 0 bridgehead atoms. The number of aryl methyl sites for hydroxylation is 1. The standard InChI is InChI=1S/C23H20FN5O/c1-28-23(18-4-7-20(24)8-5-18)19(14-26-28)6-11-22(30)27-21-9-2-17(3-10-21)15-29-13-12-25-16-29/h2-14,16H,15H2,1H3,(H,27,30)/b11-6+. The van der Waals surface area contributed by atoms with Crippen molar-refractivity contribution in [2.24, 2.45) is 7.05 Å². The number of hydrogen-bond donors (Lipinski definition) is 1. The highest BCUT2D eigenvalue weighted by Crippen LogP contribution is 2.24. The Bertz CT molecular complexity index is 1160. The van der Waals surface area contributed by atoms with Crippen LogP contribution in [-0.4, -0.2) is 25.2 Å². The molecule has 30 heavy (non-hydrogen) atoms. The van der Waals surface area contributed by atoms with Crippen LogP contribution in [0.1, 0.15) is 11.1 Å². The predicted molar refractivity (Wildman–Crippen MR) is 114 cm³/mol. The maximum atomic E-state index is 13.2. The largest absolute Gasteiger partial charge is 0.333 e. The van der Waals surface area contributed by atoms with E-state index in [0.717, 1.165) is 28.9 Å². The molecular formula is C23H20FN5O. The van der Waals surface area contributed by atoms with E-state index in [0.29, 0.717) is 5.69 Å². The Morgan fingerprint density at radius 2 is 1.90 bits per heavy atom. The van der Waals surface area contributed by atoms with Crippen molar-refractivity contribution in [1.29, 1.82) is 0 Å². The summed E-state index contributed by atoms with van der Waals surface area (Å²) in [6, 6.07) is 13.8.